The molecule has 1 aromatic carbocycles. The first-order valence-electron chi connectivity index (χ1n) is 10.6. The van der Waals surface area contributed by atoms with E-state index in [2.05, 4.69) is 58.0 Å². The van der Waals surface area contributed by atoms with Crippen LogP contribution in [0.3, 0.4) is 0 Å². The van der Waals surface area contributed by atoms with Gasteiger partial charge in [0.05, 0.1) is 0 Å². The largest absolute Gasteiger partial charge is 0.0776 e. The van der Waals surface area contributed by atoms with Gasteiger partial charge in [0.15, 0.2) is 0 Å². The minimum Gasteiger partial charge on any atom is -0.0776 e. The van der Waals surface area contributed by atoms with Gasteiger partial charge in [-0.1, -0.05) is 125 Å². The number of hydrogen-bond donors (Lipinski definition) is 0. The monoisotopic (exact) mass is 350 g/mol. The molecule has 1 aliphatic carbocycles. The Bertz CT molecular complexity index is 317. The van der Waals surface area contributed by atoms with Crippen molar-refractivity contribution < 1.29 is 0 Å². The van der Waals surface area contributed by atoms with Crippen LogP contribution in [0.2, 0.25) is 0 Å². The first-order valence-corrected chi connectivity index (χ1v) is 10.6. The van der Waals surface area contributed by atoms with E-state index in [4.69, 9.17) is 0 Å². The van der Waals surface area contributed by atoms with E-state index in [1.807, 2.05) is 27.7 Å². The van der Waals surface area contributed by atoms with Gasteiger partial charge in [-0.2, -0.15) is 0 Å². The molecule has 0 atom stereocenters. The summed E-state index contributed by atoms with van der Waals surface area (Å²) in [4.78, 5) is 0. The molecule has 0 aromatic heterocycles. The summed E-state index contributed by atoms with van der Waals surface area (Å²) in [6, 6.07) is 10.6. The molecule has 1 aliphatic rings. The Hall–Kier alpha value is -0.780. The molecule has 1 aromatic rings. The van der Waals surface area contributed by atoms with Crippen molar-refractivity contribution in [1.29, 1.82) is 0 Å². The van der Waals surface area contributed by atoms with Crippen molar-refractivity contribution in [1.82, 2.24) is 0 Å². The smallest absolute Gasteiger partial charge is 0.0256 e. The maximum Gasteiger partial charge on any atom is -0.0256 e. The molecule has 2 rings (SSSR count). The zero-order chi connectivity index (χ0) is 18.8. The van der Waals surface area contributed by atoms with Gasteiger partial charge in [-0.25, -0.2) is 0 Å². The zero-order valence-electron chi connectivity index (χ0n) is 18.1. The molecule has 150 valence electrons. The third kappa shape index (κ3) is 19.4. The van der Waals surface area contributed by atoms with Crippen LogP contribution < -0.4 is 0 Å². The predicted molar refractivity (Wildman–Crippen MR) is 120 cm³/mol. The van der Waals surface area contributed by atoms with Crippen LogP contribution in [0.4, 0.5) is 0 Å². The van der Waals surface area contributed by atoms with Crippen molar-refractivity contribution in [3.8, 4) is 0 Å². The second-order valence-electron chi connectivity index (χ2n) is 7.22. The summed E-state index contributed by atoms with van der Waals surface area (Å²) in [5.74, 6) is 2.76. The Morgan fingerprint density at radius 1 is 0.760 bits per heavy atom. The second kappa shape index (κ2) is 21.3. The molecule has 0 heteroatoms. The molecule has 25 heavy (non-hydrogen) atoms. The minimum atomic E-state index is 0. The molecule has 0 nitrogen and oxygen atoms in total. The molecule has 0 spiro atoms. The van der Waals surface area contributed by atoms with Gasteiger partial charge in [-0.15, -0.1) is 0 Å². The van der Waals surface area contributed by atoms with Crippen molar-refractivity contribution >= 4 is 0 Å². The lowest BCUT2D eigenvalue weighted by atomic mass is 9.84. The van der Waals surface area contributed by atoms with E-state index in [1.54, 1.807) is 0 Å². The molecule has 0 aliphatic heterocycles. The van der Waals surface area contributed by atoms with Crippen molar-refractivity contribution in [2.45, 2.75) is 108 Å². The topological polar surface area (TPSA) is 0 Å². The van der Waals surface area contributed by atoms with Crippen LogP contribution in [-0.2, 0) is 6.42 Å². The highest BCUT2D eigenvalue weighted by atomic mass is 14.2. The normalized spacial score (nSPS) is 13.4. The van der Waals surface area contributed by atoms with Crippen molar-refractivity contribution in [3.63, 3.8) is 0 Å². The highest BCUT2D eigenvalue weighted by Crippen LogP contribution is 2.28. The molecule has 0 bridgehead atoms. The minimum absolute atomic E-state index is 0. The summed E-state index contributed by atoms with van der Waals surface area (Å²) >= 11 is 0. The van der Waals surface area contributed by atoms with Crippen LogP contribution in [0.1, 0.15) is 107 Å². The number of benzene rings is 1. The van der Waals surface area contributed by atoms with E-state index >= 15 is 0 Å². The lowest BCUT2D eigenvalue weighted by molar-refractivity contribution is 0.305. The van der Waals surface area contributed by atoms with Crippen LogP contribution in [0.25, 0.3) is 0 Å². The van der Waals surface area contributed by atoms with Crippen molar-refractivity contribution in [2.75, 3.05) is 0 Å². The van der Waals surface area contributed by atoms with E-state index in [1.165, 1.54) is 50.5 Å². The van der Waals surface area contributed by atoms with Gasteiger partial charge in [-0.3, -0.25) is 0 Å². The average Bonchev–Trinajstić information content (AvgIpc) is 2.60. The van der Waals surface area contributed by atoms with E-state index < -0.39 is 0 Å². The molecule has 1 fully saturated rings. The van der Waals surface area contributed by atoms with Gasteiger partial charge < -0.3 is 0 Å². The fourth-order valence-corrected chi connectivity index (χ4v) is 3.18. The summed E-state index contributed by atoms with van der Waals surface area (Å²) in [7, 11) is 0. The van der Waals surface area contributed by atoms with Crippen LogP contribution in [0, 0.1) is 17.8 Å². The Balaban J connectivity index is -0.000000312. The molecule has 0 amide bonds. The molecule has 1 saturated carbocycles. The highest BCUT2D eigenvalue weighted by Gasteiger charge is 2.13. The lowest BCUT2D eigenvalue weighted by Gasteiger charge is -2.22. The molecule has 0 N–H and O–H groups in total. The van der Waals surface area contributed by atoms with E-state index in [0.29, 0.717) is 0 Å². The predicted octanol–water partition coefficient (Wildman–Crippen LogP) is 9.19. The molecule has 0 unspecified atom stereocenters. The summed E-state index contributed by atoms with van der Waals surface area (Å²) in [5, 5.41) is 0. The van der Waals surface area contributed by atoms with Gasteiger partial charge >= 0.3 is 0 Å². The number of hydrogen-bond acceptors (Lipinski definition) is 0. The second-order valence-corrected chi connectivity index (χ2v) is 7.22. The molecular weight excluding hydrogens is 300 g/mol. The van der Waals surface area contributed by atoms with Crippen LogP contribution >= 0.6 is 0 Å². The maximum absolute atomic E-state index is 2.34. The van der Waals surface area contributed by atoms with Gasteiger partial charge in [0.1, 0.15) is 0 Å². The fourth-order valence-electron chi connectivity index (χ4n) is 3.18. The molecular formula is C25H50. The van der Waals surface area contributed by atoms with Gasteiger partial charge in [0.25, 0.3) is 0 Å². The van der Waals surface area contributed by atoms with Crippen LogP contribution in [0.5, 0.6) is 0 Å². The third-order valence-electron chi connectivity index (χ3n) is 4.02. The first kappa shape index (κ1) is 29.0. The third-order valence-corrected chi connectivity index (χ3v) is 4.02. The zero-order valence-corrected chi connectivity index (χ0v) is 18.1. The average molecular weight is 351 g/mol. The quantitative estimate of drug-likeness (QED) is 0.507. The molecule has 0 heterocycles. The standard InChI is InChI=1S/C10H20.C10H14.2C2H6.CH4/c2*1-9(2)8-10-6-4-3-5-7-10;2*1-2;/h9-10H,3-8H2,1-2H3;3-7,9H,8H2,1-2H3;2*1-2H3;1H4. The fraction of sp³-hybridized carbons (Fsp3) is 0.760. The Kier molecular flexibility index (Phi) is 24.7. The summed E-state index contributed by atoms with van der Waals surface area (Å²) in [5.41, 5.74) is 1.44. The summed E-state index contributed by atoms with van der Waals surface area (Å²) in [6.45, 7) is 17.2. The summed E-state index contributed by atoms with van der Waals surface area (Å²) < 4.78 is 0. The Morgan fingerprint density at radius 2 is 1.24 bits per heavy atom. The molecule has 0 saturated heterocycles. The Morgan fingerprint density at radius 3 is 1.64 bits per heavy atom. The highest BCUT2D eigenvalue weighted by molar-refractivity contribution is 5.14. The van der Waals surface area contributed by atoms with Crippen molar-refractivity contribution in [2.24, 2.45) is 17.8 Å². The van der Waals surface area contributed by atoms with E-state index in [0.717, 1.165) is 17.8 Å². The van der Waals surface area contributed by atoms with Crippen molar-refractivity contribution in [3.05, 3.63) is 35.9 Å². The van der Waals surface area contributed by atoms with Gasteiger partial charge in [0, 0.05) is 0 Å². The Labute approximate surface area is 161 Å². The van der Waals surface area contributed by atoms with Crippen LogP contribution in [-0.4, -0.2) is 0 Å². The first-order chi connectivity index (χ1) is 11.6. The van der Waals surface area contributed by atoms with Gasteiger partial charge in [0.2, 0.25) is 0 Å². The lowest BCUT2D eigenvalue weighted by Crippen LogP contribution is -2.08. The SMILES string of the molecule is C.CC.CC.CC(C)CC1CCCCC1.CC(C)Cc1ccccc1. The van der Waals surface area contributed by atoms with Gasteiger partial charge in [-0.05, 0) is 36.2 Å². The number of rotatable bonds is 4. The molecule has 0 radical (unpaired) electrons. The maximum atomic E-state index is 2.34. The summed E-state index contributed by atoms with van der Waals surface area (Å²) in [6.07, 6.45) is 10.2. The van der Waals surface area contributed by atoms with Crippen LogP contribution in [0.15, 0.2) is 30.3 Å². The van der Waals surface area contributed by atoms with E-state index in [9.17, 15) is 0 Å². The van der Waals surface area contributed by atoms with E-state index in [-0.39, 0.29) is 7.43 Å².